The fourth-order valence-electron chi connectivity index (χ4n) is 2.40. The first-order valence-corrected chi connectivity index (χ1v) is 6.72. The highest BCUT2D eigenvalue weighted by atomic mass is 19.1. The molecule has 0 radical (unpaired) electrons. The SMILES string of the molecule is Nc1nonc1-c1nc2cccc(F)c2n1Cc1cnccn1. The molecule has 3 heterocycles. The lowest BCUT2D eigenvalue weighted by atomic mass is 10.3. The number of halogens is 1. The van der Waals surface area contributed by atoms with Crippen molar-refractivity contribution in [1.29, 1.82) is 0 Å². The highest BCUT2D eigenvalue weighted by Crippen LogP contribution is 2.28. The van der Waals surface area contributed by atoms with Crippen LogP contribution in [0.5, 0.6) is 0 Å². The van der Waals surface area contributed by atoms with Gasteiger partial charge in [-0.25, -0.2) is 14.0 Å². The summed E-state index contributed by atoms with van der Waals surface area (Å²) in [6.07, 6.45) is 4.73. The van der Waals surface area contributed by atoms with Crippen molar-refractivity contribution in [3.05, 3.63) is 48.3 Å². The second-order valence-corrected chi connectivity index (χ2v) is 4.82. The van der Waals surface area contributed by atoms with Gasteiger partial charge in [0.25, 0.3) is 0 Å². The molecule has 8 nitrogen and oxygen atoms in total. The van der Waals surface area contributed by atoms with Crippen molar-refractivity contribution in [1.82, 2.24) is 29.8 Å². The van der Waals surface area contributed by atoms with Crippen LogP contribution < -0.4 is 5.73 Å². The molecule has 0 aliphatic heterocycles. The van der Waals surface area contributed by atoms with Crippen LogP contribution >= 0.6 is 0 Å². The highest BCUT2D eigenvalue weighted by Gasteiger charge is 2.21. The Hall–Kier alpha value is -3.36. The van der Waals surface area contributed by atoms with Crippen LogP contribution in [0, 0.1) is 5.82 Å². The topological polar surface area (TPSA) is 109 Å². The Bertz CT molecular complexity index is 979. The Balaban J connectivity index is 1.97. The van der Waals surface area contributed by atoms with Crippen LogP contribution in [0.4, 0.5) is 10.2 Å². The van der Waals surface area contributed by atoms with E-state index < -0.39 is 5.82 Å². The molecular weight excluding hydrogens is 301 g/mol. The normalized spacial score (nSPS) is 11.2. The zero-order chi connectivity index (χ0) is 15.8. The van der Waals surface area contributed by atoms with E-state index in [0.717, 1.165) is 0 Å². The van der Waals surface area contributed by atoms with E-state index in [1.807, 2.05) is 0 Å². The van der Waals surface area contributed by atoms with Crippen molar-refractivity contribution in [2.75, 3.05) is 5.73 Å². The average Bonchev–Trinajstić information content (AvgIpc) is 3.13. The number of rotatable bonds is 3. The minimum atomic E-state index is -0.403. The first kappa shape index (κ1) is 13.3. The molecule has 2 N–H and O–H groups in total. The van der Waals surface area contributed by atoms with Crippen molar-refractivity contribution in [2.24, 2.45) is 0 Å². The summed E-state index contributed by atoms with van der Waals surface area (Å²) in [5.41, 5.74) is 7.46. The fraction of sp³-hybridized carbons (Fsp3) is 0.0714. The van der Waals surface area contributed by atoms with E-state index in [-0.39, 0.29) is 18.1 Å². The van der Waals surface area contributed by atoms with Crippen molar-refractivity contribution in [3.63, 3.8) is 0 Å². The Morgan fingerprint density at radius 3 is 2.87 bits per heavy atom. The van der Waals surface area contributed by atoms with E-state index in [1.165, 1.54) is 6.07 Å². The highest BCUT2D eigenvalue weighted by molar-refractivity contribution is 5.82. The van der Waals surface area contributed by atoms with Crippen LogP contribution in [-0.2, 0) is 6.54 Å². The molecule has 114 valence electrons. The van der Waals surface area contributed by atoms with Crippen LogP contribution in [0.3, 0.4) is 0 Å². The van der Waals surface area contributed by atoms with E-state index in [1.54, 1.807) is 35.3 Å². The summed E-state index contributed by atoms with van der Waals surface area (Å²) in [5.74, 6) is 0.0378. The molecule has 0 spiro atoms. The molecule has 0 saturated carbocycles. The molecule has 0 aliphatic rings. The van der Waals surface area contributed by atoms with Gasteiger partial charge in [-0.3, -0.25) is 9.97 Å². The van der Waals surface area contributed by atoms with E-state index in [9.17, 15) is 4.39 Å². The molecule has 0 saturated heterocycles. The van der Waals surface area contributed by atoms with Crippen LogP contribution in [0.1, 0.15) is 5.69 Å². The fourth-order valence-corrected chi connectivity index (χ4v) is 2.40. The van der Waals surface area contributed by atoms with Gasteiger partial charge >= 0.3 is 0 Å². The van der Waals surface area contributed by atoms with Crippen molar-refractivity contribution < 1.29 is 9.02 Å². The van der Waals surface area contributed by atoms with Gasteiger partial charge in [-0.2, -0.15) is 0 Å². The van der Waals surface area contributed by atoms with Crippen LogP contribution in [0.15, 0.2) is 41.4 Å². The Kier molecular flexibility index (Phi) is 2.97. The summed E-state index contributed by atoms with van der Waals surface area (Å²) in [7, 11) is 0. The molecule has 0 unspecified atom stereocenters. The molecule has 4 aromatic rings. The van der Waals surface area contributed by atoms with Gasteiger partial charge < -0.3 is 10.3 Å². The monoisotopic (exact) mass is 311 g/mol. The molecule has 0 aliphatic carbocycles. The van der Waals surface area contributed by atoms with Crippen LogP contribution in [0.2, 0.25) is 0 Å². The summed E-state index contributed by atoms with van der Waals surface area (Å²) in [5, 5.41) is 7.31. The molecule has 0 bridgehead atoms. The molecule has 9 heteroatoms. The summed E-state index contributed by atoms with van der Waals surface area (Å²) >= 11 is 0. The second-order valence-electron chi connectivity index (χ2n) is 4.82. The van der Waals surface area contributed by atoms with Crippen molar-refractivity contribution in [2.45, 2.75) is 6.54 Å². The maximum Gasteiger partial charge on any atom is 0.199 e. The third-order valence-corrected chi connectivity index (χ3v) is 3.38. The third kappa shape index (κ3) is 2.18. The summed E-state index contributed by atoms with van der Waals surface area (Å²) in [6, 6.07) is 4.66. The van der Waals surface area contributed by atoms with Gasteiger partial charge in [-0.15, -0.1) is 0 Å². The standard InChI is InChI=1S/C14H10FN7O/c15-9-2-1-3-10-12(9)22(7-8-6-17-4-5-18-8)14(19-10)11-13(16)21-23-20-11/h1-6H,7H2,(H2,16,21). The Morgan fingerprint density at radius 2 is 2.13 bits per heavy atom. The predicted molar refractivity (Wildman–Crippen MR) is 78.5 cm³/mol. The molecule has 1 aromatic carbocycles. The van der Waals surface area contributed by atoms with Gasteiger partial charge in [-0.05, 0) is 22.4 Å². The van der Waals surface area contributed by atoms with Gasteiger partial charge in [0.2, 0.25) is 0 Å². The minimum absolute atomic E-state index is 0.0844. The number of nitrogens with two attached hydrogens (primary N) is 1. The van der Waals surface area contributed by atoms with Crippen molar-refractivity contribution >= 4 is 16.9 Å². The van der Waals surface area contributed by atoms with Gasteiger partial charge in [0.1, 0.15) is 11.3 Å². The second kappa shape index (κ2) is 5.13. The number of hydrogen-bond donors (Lipinski definition) is 1. The van der Waals surface area contributed by atoms with E-state index in [2.05, 4.69) is 29.9 Å². The number of benzene rings is 1. The number of fused-ring (bicyclic) bond motifs is 1. The molecule has 23 heavy (non-hydrogen) atoms. The van der Waals surface area contributed by atoms with Crippen LogP contribution in [0.25, 0.3) is 22.6 Å². The van der Waals surface area contributed by atoms with Crippen molar-refractivity contribution in [3.8, 4) is 11.5 Å². The molecule has 0 amide bonds. The summed E-state index contributed by atoms with van der Waals surface area (Å²) in [6.45, 7) is 0.257. The first-order valence-electron chi connectivity index (χ1n) is 6.72. The smallest absolute Gasteiger partial charge is 0.199 e. The minimum Gasteiger partial charge on any atom is -0.379 e. The summed E-state index contributed by atoms with van der Waals surface area (Å²) < 4.78 is 20.6. The van der Waals surface area contributed by atoms with Gasteiger partial charge in [0.15, 0.2) is 17.3 Å². The van der Waals surface area contributed by atoms with Crippen LogP contribution in [-0.4, -0.2) is 29.8 Å². The maximum absolute atomic E-state index is 14.3. The van der Waals surface area contributed by atoms with Gasteiger partial charge in [0, 0.05) is 12.4 Å². The molecular formula is C14H10FN7O. The summed E-state index contributed by atoms with van der Waals surface area (Å²) in [4.78, 5) is 12.6. The third-order valence-electron chi connectivity index (χ3n) is 3.38. The zero-order valence-corrected chi connectivity index (χ0v) is 11.7. The number of hydrogen-bond acceptors (Lipinski definition) is 7. The lowest BCUT2D eigenvalue weighted by Gasteiger charge is -2.07. The quantitative estimate of drug-likeness (QED) is 0.612. The molecule has 4 rings (SSSR count). The molecule has 3 aromatic heterocycles. The Labute approximate surface area is 128 Å². The molecule has 0 atom stereocenters. The van der Waals surface area contributed by atoms with E-state index in [4.69, 9.17) is 5.73 Å². The largest absolute Gasteiger partial charge is 0.379 e. The van der Waals surface area contributed by atoms with Gasteiger partial charge in [0.05, 0.1) is 24.0 Å². The molecule has 0 fully saturated rings. The maximum atomic E-state index is 14.3. The number of nitrogen functional groups attached to an aromatic ring is 1. The number of imidazole rings is 1. The van der Waals surface area contributed by atoms with E-state index >= 15 is 0 Å². The average molecular weight is 311 g/mol. The number of nitrogens with zero attached hydrogens (tertiary/aromatic N) is 6. The number of aromatic nitrogens is 6. The lowest BCUT2D eigenvalue weighted by molar-refractivity contribution is 0.310. The Morgan fingerprint density at radius 1 is 1.22 bits per heavy atom. The predicted octanol–water partition coefficient (Wildman–Crippen LogP) is 1.65. The zero-order valence-electron chi connectivity index (χ0n) is 11.7. The first-order chi connectivity index (χ1) is 11.2. The van der Waals surface area contributed by atoms with E-state index in [0.29, 0.717) is 22.6 Å². The number of para-hydroxylation sites is 1. The van der Waals surface area contributed by atoms with Gasteiger partial charge in [-0.1, -0.05) is 6.07 Å². The number of anilines is 1. The lowest BCUT2D eigenvalue weighted by Crippen LogP contribution is -2.06.